The topological polar surface area (TPSA) is 146 Å². The van der Waals surface area contributed by atoms with Crippen LogP contribution in [0.5, 0.6) is 0 Å². The lowest BCUT2D eigenvalue weighted by atomic mass is 10.1. The summed E-state index contributed by atoms with van der Waals surface area (Å²) in [5.41, 5.74) is 3.61. The maximum absolute atomic E-state index is 13.7. The molecule has 41 heavy (non-hydrogen) atoms. The quantitative estimate of drug-likeness (QED) is 0.321. The highest BCUT2D eigenvalue weighted by Crippen LogP contribution is 2.25. The van der Waals surface area contributed by atoms with Gasteiger partial charge in [0.1, 0.15) is 17.6 Å². The van der Waals surface area contributed by atoms with Crippen LogP contribution in [0.2, 0.25) is 0 Å². The van der Waals surface area contributed by atoms with Gasteiger partial charge in [-0.15, -0.1) is 0 Å². The Morgan fingerprint density at radius 1 is 1.02 bits per heavy atom. The predicted molar refractivity (Wildman–Crippen MR) is 153 cm³/mol. The summed E-state index contributed by atoms with van der Waals surface area (Å²) >= 11 is 0. The van der Waals surface area contributed by atoms with Gasteiger partial charge in [0.05, 0.1) is 16.6 Å². The second-order valence-corrected chi connectivity index (χ2v) is 9.58. The van der Waals surface area contributed by atoms with Gasteiger partial charge in [-0.25, -0.2) is 14.6 Å². The highest BCUT2D eigenvalue weighted by molar-refractivity contribution is 6.10. The van der Waals surface area contributed by atoms with Gasteiger partial charge in [0.25, 0.3) is 17.0 Å². The average molecular weight is 551 g/mol. The van der Waals surface area contributed by atoms with Crippen LogP contribution in [0.4, 0.5) is 5.69 Å². The molecule has 12 nitrogen and oxygen atoms in total. The summed E-state index contributed by atoms with van der Waals surface area (Å²) in [4.78, 5) is 48.5. The predicted octanol–water partition coefficient (Wildman–Crippen LogP) is 3.82. The van der Waals surface area contributed by atoms with Gasteiger partial charge >= 0.3 is 0 Å². The van der Waals surface area contributed by atoms with Crippen LogP contribution in [-0.4, -0.2) is 40.2 Å². The maximum atomic E-state index is 13.7. The van der Waals surface area contributed by atoms with Gasteiger partial charge in [0, 0.05) is 30.5 Å². The van der Waals surface area contributed by atoms with E-state index in [0.29, 0.717) is 57.2 Å². The Labute approximate surface area is 232 Å². The summed E-state index contributed by atoms with van der Waals surface area (Å²) in [5, 5.41) is 9.97. The first-order chi connectivity index (χ1) is 19.8. The molecule has 0 saturated heterocycles. The Kier molecular flexibility index (Phi) is 6.22. The molecule has 0 atom stereocenters. The fourth-order valence-electron chi connectivity index (χ4n) is 5.10. The van der Waals surface area contributed by atoms with E-state index in [2.05, 4.69) is 25.5 Å². The number of hydrogen-bond acceptors (Lipinski definition) is 7. The SMILES string of the molecule is CCn1c2c(C(=O)Nc3cccc(-c4ncn[nH]4)c3)nc(C)cc2c(=O)n1-c1ccc(-c2c(C)on(C)c2=O)cc1. The Balaban J connectivity index is 1.43. The lowest BCUT2D eigenvalue weighted by Gasteiger charge is -2.13. The number of rotatable bonds is 6. The standard InChI is InChI=1S/C29H26N8O4/c1-5-36-25-22(28(39)37(36)21-11-9-18(10-12-21)23-17(3)41-35(4)29(23)40)13-16(2)32-24(25)27(38)33-20-8-6-7-19(14-20)26-30-15-31-34-26/h6-15H,5H2,1-4H3,(H,33,38)(H,30,31,34). The van der Waals surface area contributed by atoms with Crippen molar-refractivity contribution in [3.63, 3.8) is 0 Å². The third-order valence-corrected chi connectivity index (χ3v) is 6.89. The molecule has 0 aliphatic rings. The number of benzene rings is 2. The smallest absolute Gasteiger partial charge is 0.290 e. The Bertz CT molecular complexity index is 2040. The minimum absolute atomic E-state index is 0.136. The zero-order valence-corrected chi connectivity index (χ0v) is 22.8. The Morgan fingerprint density at radius 3 is 2.46 bits per heavy atom. The summed E-state index contributed by atoms with van der Waals surface area (Å²) in [6, 6.07) is 16.0. The summed E-state index contributed by atoms with van der Waals surface area (Å²) in [6.45, 7) is 5.77. The molecule has 0 fully saturated rings. The number of amides is 1. The number of carbonyl (C=O) groups excluding carboxylic acids is 1. The van der Waals surface area contributed by atoms with Gasteiger partial charge in [0.2, 0.25) is 0 Å². The molecule has 206 valence electrons. The number of nitrogens with one attached hydrogen (secondary N) is 2. The number of hydrogen-bond donors (Lipinski definition) is 2. The number of fused-ring (bicyclic) bond motifs is 1. The number of H-pyrrole nitrogens is 1. The normalized spacial score (nSPS) is 11.3. The molecule has 4 heterocycles. The van der Waals surface area contributed by atoms with Crippen LogP contribution in [0.15, 0.2) is 75.0 Å². The van der Waals surface area contributed by atoms with Crippen LogP contribution >= 0.6 is 0 Å². The third-order valence-electron chi connectivity index (χ3n) is 6.89. The van der Waals surface area contributed by atoms with Gasteiger partial charge in [-0.05, 0) is 56.7 Å². The van der Waals surface area contributed by atoms with Crippen molar-refractivity contribution < 1.29 is 9.32 Å². The molecule has 0 radical (unpaired) electrons. The van der Waals surface area contributed by atoms with E-state index >= 15 is 0 Å². The van der Waals surface area contributed by atoms with E-state index in [-0.39, 0.29) is 16.8 Å². The summed E-state index contributed by atoms with van der Waals surface area (Å²) in [6.07, 6.45) is 1.41. The van der Waals surface area contributed by atoms with Gasteiger partial charge in [0.15, 0.2) is 11.5 Å². The largest absolute Gasteiger partial charge is 0.381 e. The molecule has 6 aromatic rings. The molecule has 1 amide bonds. The minimum atomic E-state index is -0.450. The molecule has 12 heteroatoms. The zero-order valence-electron chi connectivity index (χ0n) is 22.8. The molecule has 0 bridgehead atoms. The summed E-state index contributed by atoms with van der Waals surface area (Å²) in [7, 11) is 1.56. The number of aromatic nitrogens is 7. The van der Waals surface area contributed by atoms with Crippen LogP contribution in [0.1, 0.15) is 28.9 Å². The number of nitrogens with zero attached hydrogens (tertiary/aromatic N) is 6. The highest BCUT2D eigenvalue weighted by Gasteiger charge is 2.23. The van der Waals surface area contributed by atoms with Gasteiger partial charge in [-0.2, -0.15) is 9.84 Å². The molecule has 4 aromatic heterocycles. The van der Waals surface area contributed by atoms with Crippen molar-refractivity contribution >= 4 is 22.5 Å². The summed E-state index contributed by atoms with van der Waals surface area (Å²) in [5.74, 6) is 0.631. The number of aryl methyl sites for hydroxylation is 4. The molecule has 0 aliphatic heterocycles. The molecule has 0 unspecified atom stereocenters. The van der Waals surface area contributed by atoms with Crippen molar-refractivity contribution in [3.05, 3.63) is 98.8 Å². The van der Waals surface area contributed by atoms with Gasteiger partial charge < -0.3 is 9.84 Å². The molecule has 2 aromatic carbocycles. The van der Waals surface area contributed by atoms with Crippen LogP contribution in [-0.2, 0) is 13.6 Å². The molecular formula is C29H26N8O4. The van der Waals surface area contributed by atoms with Crippen molar-refractivity contribution in [2.24, 2.45) is 7.05 Å². The van der Waals surface area contributed by atoms with Crippen LogP contribution < -0.4 is 16.4 Å². The Morgan fingerprint density at radius 2 is 1.80 bits per heavy atom. The first kappa shape index (κ1) is 25.7. The number of aromatic amines is 1. The second-order valence-electron chi connectivity index (χ2n) is 9.58. The van der Waals surface area contributed by atoms with Crippen LogP contribution in [0.25, 0.3) is 39.1 Å². The van der Waals surface area contributed by atoms with Crippen LogP contribution in [0, 0.1) is 13.8 Å². The molecule has 0 saturated carbocycles. The number of pyridine rings is 1. The molecule has 2 N–H and O–H groups in total. The third kappa shape index (κ3) is 4.35. The molecule has 6 rings (SSSR count). The number of anilines is 1. The highest BCUT2D eigenvalue weighted by atomic mass is 16.5. The fraction of sp³-hybridized carbons (Fsp3) is 0.172. The van der Waals surface area contributed by atoms with E-state index < -0.39 is 5.91 Å². The van der Waals surface area contributed by atoms with Crippen molar-refractivity contribution in [2.75, 3.05) is 5.32 Å². The molecular weight excluding hydrogens is 524 g/mol. The number of carbonyl (C=O) groups is 1. The van der Waals surface area contributed by atoms with E-state index in [0.717, 1.165) is 5.56 Å². The minimum Gasteiger partial charge on any atom is -0.381 e. The van der Waals surface area contributed by atoms with Crippen molar-refractivity contribution in [1.82, 2.24) is 34.3 Å². The fourth-order valence-corrected chi connectivity index (χ4v) is 5.10. The monoisotopic (exact) mass is 550 g/mol. The first-order valence-electron chi connectivity index (χ1n) is 12.9. The van der Waals surface area contributed by atoms with Gasteiger partial charge in [-0.1, -0.05) is 24.3 Å². The summed E-state index contributed by atoms with van der Waals surface area (Å²) < 4.78 is 9.86. The van der Waals surface area contributed by atoms with Gasteiger partial charge in [-0.3, -0.25) is 24.2 Å². The van der Waals surface area contributed by atoms with E-state index in [4.69, 9.17) is 4.52 Å². The molecule has 0 aliphatic carbocycles. The van der Waals surface area contributed by atoms with E-state index in [1.54, 1.807) is 74.1 Å². The Hall–Kier alpha value is -5.52. The van der Waals surface area contributed by atoms with Crippen molar-refractivity contribution in [3.8, 4) is 28.2 Å². The zero-order chi connectivity index (χ0) is 28.8. The van der Waals surface area contributed by atoms with Crippen molar-refractivity contribution in [1.29, 1.82) is 0 Å². The lowest BCUT2D eigenvalue weighted by Crippen LogP contribution is -2.21. The van der Waals surface area contributed by atoms with E-state index in [9.17, 15) is 14.4 Å². The molecule has 0 spiro atoms. The average Bonchev–Trinajstić information content (AvgIpc) is 3.66. The maximum Gasteiger partial charge on any atom is 0.290 e. The van der Waals surface area contributed by atoms with E-state index in [1.165, 1.54) is 15.7 Å². The first-order valence-corrected chi connectivity index (χ1v) is 12.9. The lowest BCUT2D eigenvalue weighted by molar-refractivity contribution is 0.102. The van der Waals surface area contributed by atoms with Crippen molar-refractivity contribution in [2.45, 2.75) is 27.3 Å². The van der Waals surface area contributed by atoms with Crippen LogP contribution in [0.3, 0.4) is 0 Å². The van der Waals surface area contributed by atoms with E-state index in [1.807, 2.05) is 13.0 Å². The second kappa shape index (κ2) is 9.90.